The zero-order valence-corrected chi connectivity index (χ0v) is 17.8. The topological polar surface area (TPSA) is 49.3 Å². The maximum atomic E-state index is 13.1. The first-order chi connectivity index (χ1) is 15.3. The van der Waals surface area contributed by atoms with Gasteiger partial charge in [-0.2, -0.15) is 22.5 Å². The minimum Gasteiger partial charge on any atom is -0.343 e. The van der Waals surface area contributed by atoms with Crippen LogP contribution in [0.3, 0.4) is 0 Å². The van der Waals surface area contributed by atoms with Crippen molar-refractivity contribution in [1.29, 1.82) is 0 Å². The van der Waals surface area contributed by atoms with Crippen LogP contribution in [0.1, 0.15) is 17.5 Å². The van der Waals surface area contributed by atoms with Gasteiger partial charge in [0.2, 0.25) is 11.0 Å². The summed E-state index contributed by atoms with van der Waals surface area (Å²) in [6.45, 7) is 2.19. The number of amides is 1. The lowest BCUT2D eigenvalue weighted by Gasteiger charge is -2.34. The average molecular weight is 464 g/mol. The van der Waals surface area contributed by atoms with Gasteiger partial charge in [-0.25, -0.2) is 4.39 Å². The fourth-order valence-corrected chi connectivity index (χ4v) is 4.26. The van der Waals surface area contributed by atoms with Crippen molar-refractivity contribution in [2.75, 3.05) is 31.1 Å². The summed E-state index contributed by atoms with van der Waals surface area (Å²) in [4.78, 5) is 20.8. The molecule has 3 aromatic rings. The number of rotatable bonds is 5. The molecule has 1 aliphatic heterocycles. The SMILES string of the molecule is O=C(CCc1cccc(C(F)(F)F)c1)N1CCN(c2nc(-c3ccc(F)cc3)ns2)CC1. The second-order valence-corrected chi connectivity index (χ2v) is 8.20. The number of carbonyl (C=O) groups excluding carboxylic acids is 1. The molecule has 1 saturated heterocycles. The maximum Gasteiger partial charge on any atom is 0.416 e. The van der Waals surface area contributed by atoms with Gasteiger partial charge in [0.15, 0.2) is 5.82 Å². The van der Waals surface area contributed by atoms with Crippen LogP contribution in [-0.4, -0.2) is 46.3 Å². The summed E-state index contributed by atoms with van der Waals surface area (Å²) in [6, 6.07) is 11.1. The first kappa shape index (κ1) is 22.2. The molecule has 5 nitrogen and oxygen atoms in total. The zero-order valence-electron chi connectivity index (χ0n) is 17.0. The van der Waals surface area contributed by atoms with Crippen molar-refractivity contribution in [3.05, 3.63) is 65.5 Å². The number of nitrogens with zero attached hydrogens (tertiary/aromatic N) is 4. The second kappa shape index (κ2) is 9.23. The highest BCUT2D eigenvalue weighted by molar-refractivity contribution is 7.09. The lowest BCUT2D eigenvalue weighted by molar-refractivity contribution is -0.137. The molecule has 0 atom stereocenters. The molecule has 0 radical (unpaired) electrons. The van der Waals surface area contributed by atoms with Gasteiger partial charge in [-0.05, 0) is 42.3 Å². The van der Waals surface area contributed by atoms with Crippen molar-refractivity contribution >= 4 is 22.6 Å². The highest BCUT2D eigenvalue weighted by atomic mass is 32.1. The molecule has 0 N–H and O–H groups in total. The van der Waals surface area contributed by atoms with Crippen molar-refractivity contribution < 1.29 is 22.4 Å². The van der Waals surface area contributed by atoms with Crippen molar-refractivity contribution in [3.63, 3.8) is 0 Å². The zero-order chi connectivity index (χ0) is 22.7. The van der Waals surface area contributed by atoms with Crippen LogP contribution in [0.4, 0.5) is 22.7 Å². The number of piperazine rings is 1. The van der Waals surface area contributed by atoms with Crippen LogP contribution in [0.25, 0.3) is 11.4 Å². The van der Waals surface area contributed by atoms with Gasteiger partial charge in [-0.15, -0.1) is 0 Å². The molecule has 1 fully saturated rings. The molecule has 2 aromatic carbocycles. The van der Waals surface area contributed by atoms with Gasteiger partial charge in [-0.3, -0.25) is 4.79 Å². The molecule has 1 aromatic heterocycles. The Kier molecular flexibility index (Phi) is 6.40. The number of halogens is 4. The lowest BCUT2D eigenvalue weighted by atomic mass is 10.1. The lowest BCUT2D eigenvalue weighted by Crippen LogP contribution is -2.48. The second-order valence-electron chi connectivity index (χ2n) is 7.47. The van der Waals surface area contributed by atoms with Gasteiger partial charge in [0.25, 0.3) is 0 Å². The van der Waals surface area contributed by atoms with Gasteiger partial charge >= 0.3 is 6.18 Å². The highest BCUT2D eigenvalue weighted by Gasteiger charge is 2.30. The molecule has 2 heterocycles. The number of anilines is 1. The van der Waals surface area contributed by atoms with Crippen LogP contribution in [0.2, 0.25) is 0 Å². The molecule has 0 aliphatic carbocycles. The van der Waals surface area contributed by atoms with E-state index in [0.717, 1.165) is 22.8 Å². The number of benzene rings is 2. The first-order valence-electron chi connectivity index (χ1n) is 10.1. The van der Waals surface area contributed by atoms with E-state index in [1.165, 1.54) is 29.7 Å². The predicted octanol–water partition coefficient (Wildman–Crippen LogP) is 4.64. The normalized spacial score (nSPS) is 14.6. The monoisotopic (exact) mass is 464 g/mol. The minimum absolute atomic E-state index is 0.0775. The van der Waals surface area contributed by atoms with Crippen LogP contribution < -0.4 is 4.90 Å². The highest BCUT2D eigenvalue weighted by Crippen LogP contribution is 2.30. The Morgan fingerprint density at radius 1 is 1.03 bits per heavy atom. The standard InChI is InChI=1S/C22H20F4N4OS/c23-18-7-5-16(6-8-18)20-27-21(32-28-20)30-12-10-29(11-13-30)19(31)9-4-15-2-1-3-17(14-15)22(24,25)26/h1-3,5-8,14H,4,9-13H2. The summed E-state index contributed by atoms with van der Waals surface area (Å²) in [5.74, 6) is 0.133. The van der Waals surface area contributed by atoms with E-state index in [4.69, 9.17) is 0 Å². The van der Waals surface area contributed by atoms with E-state index in [-0.39, 0.29) is 24.6 Å². The van der Waals surface area contributed by atoms with Crippen LogP contribution >= 0.6 is 11.5 Å². The molecule has 0 saturated carbocycles. The third-order valence-electron chi connectivity index (χ3n) is 5.30. The van der Waals surface area contributed by atoms with Crippen LogP contribution in [0.15, 0.2) is 48.5 Å². The Morgan fingerprint density at radius 3 is 2.44 bits per heavy atom. The number of hydrogen-bond acceptors (Lipinski definition) is 5. The van der Waals surface area contributed by atoms with E-state index in [2.05, 4.69) is 9.36 Å². The fourth-order valence-electron chi connectivity index (χ4n) is 3.52. The Morgan fingerprint density at radius 2 is 1.75 bits per heavy atom. The van der Waals surface area contributed by atoms with Gasteiger partial charge in [-0.1, -0.05) is 18.2 Å². The van der Waals surface area contributed by atoms with E-state index in [1.807, 2.05) is 4.90 Å². The van der Waals surface area contributed by atoms with E-state index in [0.29, 0.717) is 37.6 Å². The van der Waals surface area contributed by atoms with Crippen molar-refractivity contribution in [2.45, 2.75) is 19.0 Å². The molecule has 1 aliphatic rings. The van der Waals surface area contributed by atoms with Crippen LogP contribution in [-0.2, 0) is 17.4 Å². The fraction of sp³-hybridized carbons (Fsp3) is 0.318. The van der Waals surface area contributed by atoms with Gasteiger partial charge < -0.3 is 9.80 Å². The van der Waals surface area contributed by atoms with E-state index in [1.54, 1.807) is 23.1 Å². The van der Waals surface area contributed by atoms with Crippen molar-refractivity contribution in [3.8, 4) is 11.4 Å². The molecule has 168 valence electrons. The third-order valence-corrected chi connectivity index (χ3v) is 6.08. The molecular formula is C22H20F4N4OS. The molecule has 32 heavy (non-hydrogen) atoms. The van der Waals surface area contributed by atoms with Crippen LogP contribution in [0.5, 0.6) is 0 Å². The van der Waals surface area contributed by atoms with E-state index < -0.39 is 11.7 Å². The smallest absolute Gasteiger partial charge is 0.343 e. The summed E-state index contributed by atoms with van der Waals surface area (Å²) >= 11 is 1.25. The Balaban J connectivity index is 1.29. The number of hydrogen-bond donors (Lipinski definition) is 0. The Labute approximate surface area is 186 Å². The minimum atomic E-state index is -4.39. The average Bonchev–Trinajstić information content (AvgIpc) is 3.28. The Hall–Kier alpha value is -3.01. The summed E-state index contributed by atoms with van der Waals surface area (Å²) in [5.41, 5.74) is 0.527. The first-order valence-corrected chi connectivity index (χ1v) is 10.9. The summed E-state index contributed by atoms with van der Waals surface area (Å²) in [6.07, 6.45) is -3.97. The largest absolute Gasteiger partial charge is 0.416 e. The van der Waals surface area contributed by atoms with Gasteiger partial charge in [0.05, 0.1) is 5.56 Å². The van der Waals surface area contributed by atoms with Crippen LogP contribution in [0, 0.1) is 5.82 Å². The molecule has 10 heteroatoms. The third kappa shape index (κ3) is 5.24. The maximum absolute atomic E-state index is 13.1. The van der Waals surface area contributed by atoms with Crippen molar-refractivity contribution in [1.82, 2.24) is 14.3 Å². The number of aryl methyl sites for hydroxylation is 1. The molecule has 1 amide bonds. The van der Waals surface area contributed by atoms with Crippen molar-refractivity contribution in [2.24, 2.45) is 0 Å². The number of carbonyl (C=O) groups is 1. The molecular weight excluding hydrogens is 444 g/mol. The molecule has 4 rings (SSSR count). The van der Waals surface area contributed by atoms with E-state index in [9.17, 15) is 22.4 Å². The van der Waals surface area contributed by atoms with Gasteiger partial charge in [0.1, 0.15) is 5.82 Å². The van der Waals surface area contributed by atoms with Gasteiger partial charge in [0, 0.05) is 49.7 Å². The Bertz CT molecular complexity index is 1080. The number of aromatic nitrogens is 2. The summed E-state index contributed by atoms with van der Waals surface area (Å²) in [7, 11) is 0. The molecule has 0 unspecified atom stereocenters. The predicted molar refractivity (Wildman–Crippen MR) is 114 cm³/mol. The van der Waals surface area contributed by atoms with E-state index >= 15 is 0 Å². The quantitative estimate of drug-likeness (QED) is 0.516. The molecule has 0 bridgehead atoms. The molecule has 0 spiro atoms. The number of alkyl halides is 3. The summed E-state index contributed by atoms with van der Waals surface area (Å²) in [5, 5.41) is 0.736. The summed E-state index contributed by atoms with van der Waals surface area (Å²) < 4.78 is 56.0.